The van der Waals surface area contributed by atoms with Gasteiger partial charge in [-0.2, -0.15) is 10.2 Å². The van der Waals surface area contributed by atoms with E-state index in [1.54, 1.807) is 49.8 Å². The molecule has 0 unspecified atom stereocenters. The number of primary amides is 1. The Hall–Kier alpha value is -7.07. The predicted octanol–water partition coefficient (Wildman–Crippen LogP) is 4.09. The van der Waals surface area contributed by atoms with Crippen molar-refractivity contribution in [3.8, 4) is 28.0 Å². The molecule has 0 atom stereocenters. The number of methoxy groups -OCH3 is 1. The van der Waals surface area contributed by atoms with Crippen molar-refractivity contribution < 1.29 is 18.7 Å². The van der Waals surface area contributed by atoms with E-state index < -0.39 is 17.6 Å². The van der Waals surface area contributed by atoms with Gasteiger partial charge < -0.3 is 16.2 Å². The fraction of sp³-hybridized carbons (Fsp3) is 0.0588. The highest BCUT2D eigenvalue weighted by molar-refractivity contribution is 6.08. The minimum absolute atomic E-state index is 0.105. The summed E-state index contributed by atoms with van der Waals surface area (Å²) in [6, 6.07) is 18.1. The largest absolute Gasteiger partial charge is 0.496 e. The average molecular weight is 671 g/mol. The molecular weight excluding hydrogens is 643 g/mol. The summed E-state index contributed by atoms with van der Waals surface area (Å²) >= 11 is 0. The Morgan fingerprint density at radius 2 is 1.62 bits per heavy atom. The van der Waals surface area contributed by atoms with Crippen LogP contribution in [0.5, 0.6) is 5.75 Å². The molecular formula is C34H27FN12O3. The molecule has 4 heterocycles. The first-order chi connectivity index (χ1) is 24.2. The van der Waals surface area contributed by atoms with Crippen LogP contribution in [-0.2, 0) is 0 Å². The van der Waals surface area contributed by atoms with E-state index in [1.165, 1.54) is 0 Å². The molecule has 0 aliphatic carbocycles. The summed E-state index contributed by atoms with van der Waals surface area (Å²) in [5.74, 6) is 4.15. The van der Waals surface area contributed by atoms with E-state index in [9.17, 15) is 14.0 Å². The van der Waals surface area contributed by atoms with Gasteiger partial charge in [-0.05, 0) is 24.6 Å². The van der Waals surface area contributed by atoms with Crippen molar-refractivity contribution in [2.45, 2.75) is 6.92 Å². The molecule has 9 N–H and O–H groups in total. The molecule has 2 amide bonds. The highest BCUT2D eigenvalue weighted by atomic mass is 19.1. The number of aromatic nitrogens is 8. The number of rotatable bonds is 5. The maximum absolute atomic E-state index is 15.0. The average Bonchev–Trinajstić information content (AvgIpc) is 3.81. The molecule has 0 saturated carbocycles. The van der Waals surface area contributed by atoms with Crippen molar-refractivity contribution in [1.29, 1.82) is 0 Å². The maximum Gasteiger partial charge on any atom is 0.285 e. The van der Waals surface area contributed by atoms with E-state index >= 15 is 0 Å². The number of amides is 2. The number of ether oxygens (including phenoxy) is 1. The van der Waals surface area contributed by atoms with Gasteiger partial charge in [-0.1, -0.05) is 42.5 Å². The summed E-state index contributed by atoms with van der Waals surface area (Å²) in [7, 11) is 1.61. The second-order valence-electron chi connectivity index (χ2n) is 11.2. The maximum atomic E-state index is 15.0. The SMILES string of the molecule is COc1cc2[nH]ncc2cc1-c1cccc2cc(C(=O)NN)nnc12.Cc1ccc2c(N)c(C(N)=O)nnc2c1-c1ccc2cn[nH]c2c1F. The van der Waals surface area contributed by atoms with Gasteiger partial charge in [0.25, 0.3) is 11.8 Å². The zero-order chi connectivity index (χ0) is 35.1. The van der Waals surface area contributed by atoms with E-state index in [-0.39, 0.29) is 17.1 Å². The summed E-state index contributed by atoms with van der Waals surface area (Å²) < 4.78 is 20.5. The van der Waals surface area contributed by atoms with Crippen LogP contribution in [0.3, 0.4) is 0 Å². The first-order valence-corrected chi connectivity index (χ1v) is 15.0. The van der Waals surface area contributed by atoms with Gasteiger partial charge in [-0.25, -0.2) is 10.2 Å². The van der Waals surface area contributed by atoms with Gasteiger partial charge in [0.1, 0.15) is 22.3 Å². The van der Waals surface area contributed by atoms with Gasteiger partial charge in [0.15, 0.2) is 17.2 Å². The van der Waals surface area contributed by atoms with Crippen LogP contribution >= 0.6 is 0 Å². The minimum Gasteiger partial charge on any atom is -0.496 e. The van der Waals surface area contributed by atoms with Crippen molar-refractivity contribution in [2.75, 3.05) is 12.8 Å². The predicted molar refractivity (Wildman–Crippen MR) is 185 cm³/mol. The third-order valence-corrected chi connectivity index (χ3v) is 8.27. The standard InChI is InChI=1S/C17H13FN6O.C17H14N6O2/c1-7-2-4-10-13(19)16(17(20)25)24-23-15(10)11(7)9-5-3-8-6-21-22-14(8)12(9)18;1-25-15-7-13-10(8-19-21-13)5-12(15)11-4-2-3-9-6-14(17(24)20-18)22-23-16(9)11/h2-6H,1H3,(H2,19,23)(H2,20,25)(H,21,22);2-8H,18H2,1H3,(H,19,21)(H,20,24). The number of nitrogens with one attached hydrogen (secondary N) is 3. The molecule has 15 nitrogen and oxygen atoms in total. The smallest absolute Gasteiger partial charge is 0.285 e. The number of hydrogen-bond donors (Lipinski definition) is 6. The van der Waals surface area contributed by atoms with E-state index in [2.05, 4.69) is 46.2 Å². The van der Waals surface area contributed by atoms with Crippen molar-refractivity contribution in [3.05, 3.63) is 95.8 Å². The van der Waals surface area contributed by atoms with Gasteiger partial charge in [-0.15, -0.1) is 20.4 Å². The van der Waals surface area contributed by atoms with Crippen molar-refractivity contribution in [3.63, 3.8) is 0 Å². The normalized spacial score (nSPS) is 11.1. The number of aromatic amines is 2. The Labute approximate surface area is 281 Å². The molecule has 248 valence electrons. The van der Waals surface area contributed by atoms with E-state index in [4.69, 9.17) is 22.0 Å². The van der Waals surface area contributed by atoms with E-state index in [0.717, 1.165) is 33.0 Å². The topological polar surface area (TPSA) is 242 Å². The summed E-state index contributed by atoms with van der Waals surface area (Å²) in [4.78, 5) is 23.1. The van der Waals surface area contributed by atoms with Crippen LogP contribution in [0.15, 0.2) is 73.1 Å². The molecule has 16 heteroatoms. The lowest BCUT2D eigenvalue weighted by molar-refractivity contribution is 0.0946. The molecule has 50 heavy (non-hydrogen) atoms. The lowest BCUT2D eigenvalue weighted by Crippen LogP contribution is -2.30. The molecule has 8 aromatic rings. The summed E-state index contributed by atoms with van der Waals surface area (Å²) in [6.07, 6.45) is 3.30. The van der Waals surface area contributed by atoms with Crippen molar-refractivity contribution >= 4 is 61.1 Å². The lowest BCUT2D eigenvalue weighted by atomic mass is 9.95. The third-order valence-electron chi connectivity index (χ3n) is 8.27. The molecule has 0 fully saturated rings. The number of fused-ring (bicyclic) bond motifs is 4. The first kappa shape index (κ1) is 31.5. The van der Waals surface area contributed by atoms with Gasteiger partial charge in [0, 0.05) is 49.9 Å². The number of H-pyrrole nitrogens is 2. The molecule has 0 saturated heterocycles. The number of aryl methyl sites for hydroxylation is 1. The van der Waals surface area contributed by atoms with Crippen LogP contribution in [-0.4, -0.2) is 59.7 Å². The van der Waals surface area contributed by atoms with E-state index in [0.29, 0.717) is 44.2 Å². The second kappa shape index (κ2) is 12.5. The van der Waals surface area contributed by atoms with Gasteiger partial charge >= 0.3 is 0 Å². The quantitative estimate of drug-likeness (QED) is 0.0865. The number of nitrogens with zero attached hydrogens (tertiary/aromatic N) is 6. The van der Waals surface area contributed by atoms with Crippen LogP contribution in [0, 0.1) is 12.7 Å². The number of anilines is 1. The summed E-state index contributed by atoms with van der Waals surface area (Å²) in [6.45, 7) is 1.84. The monoisotopic (exact) mass is 670 g/mol. The number of carbonyl (C=O) groups is 2. The molecule has 0 spiro atoms. The molecule has 0 aliphatic heterocycles. The number of nitrogen functional groups attached to an aromatic ring is 2. The second-order valence-corrected chi connectivity index (χ2v) is 11.2. The Morgan fingerprint density at radius 3 is 2.40 bits per heavy atom. The summed E-state index contributed by atoms with van der Waals surface area (Å²) in [5, 5.41) is 32.5. The van der Waals surface area contributed by atoms with Crippen LogP contribution in [0.1, 0.15) is 26.5 Å². The molecule has 4 aromatic heterocycles. The van der Waals surface area contributed by atoms with E-state index in [1.807, 2.05) is 37.3 Å². The van der Waals surface area contributed by atoms with Gasteiger partial charge in [0.2, 0.25) is 0 Å². The molecule has 0 radical (unpaired) electrons. The number of halogens is 1. The Balaban J connectivity index is 0.000000157. The highest BCUT2D eigenvalue weighted by Gasteiger charge is 2.20. The molecule has 0 bridgehead atoms. The fourth-order valence-electron chi connectivity index (χ4n) is 5.81. The third kappa shape index (κ3) is 5.30. The zero-order valence-electron chi connectivity index (χ0n) is 26.4. The van der Waals surface area contributed by atoms with Gasteiger partial charge in [-0.3, -0.25) is 25.2 Å². The highest BCUT2D eigenvalue weighted by Crippen LogP contribution is 2.38. The van der Waals surface area contributed by atoms with Crippen LogP contribution in [0.2, 0.25) is 0 Å². The van der Waals surface area contributed by atoms with Crippen LogP contribution in [0.25, 0.3) is 65.9 Å². The van der Waals surface area contributed by atoms with Crippen molar-refractivity contribution in [2.24, 2.45) is 11.6 Å². The lowest BCUT2D eigenvalue weighted by Gasteiger charge is -2.13. The number of carbonyl (C=O) groups excluding carboxylic acids is 2. The van der Waals surface area contributed by atoms with Crippen LogP contribution in [0.4, 0.5) is 10.1 Å². The Bertz CT molecular complexity index is 2640. The fourth-order valence-corrected chi connectivity index (χ4v) is 5.81. The zero-order valence-corrected chi connectivity index (χ0v) is 26.4. The number of hydrogen-bond acceptors (Lipinski definition) is 11. The molecule has 8 rings (SSSR count). The van der Waals surface area contributed by atoms with Crippen molar-refractivity contribution in [1.82, 2.24) is 46.2 Å². The molecule has 0 aliphatic rings. The number of nitrogens with two attached hydrogens (primary N) is 3. The summed E-state index contributed by atoms with van der Waals surface area (Å²) in [5.41, 5.74) is 19.2. The Morgan fingerprint density at radius 1 is 0.840 bits per heavy atom. The minimum atomic E-state index is -0.765. The molecule has 4 aromatic carbocycles. The first-order valence-electron chi connectivity index (χ1n) is 15.0. The number of hydrazine groups is 1. The van der Waals surface area contributed by atoms with Crippen LogP contribution < -0.4 is 27.5 Å². The Kier molecular flexibility index (Phi) is 7.89. The van der Waals surface area contributed by atoms with Gasteiger partial charge in [0.05, 0.1) is 30.7 Å². The number of benzene rings is 4.